The maximum atomic E-state index is 2.66. The van der Waals surface area contributed by atoms with Gasteiger partial charge in [-0.05, 0) is 0 Å². The van der Waals surface area contributed by atoms with Crippen molar-refractivity contribution in [2.45, 2.75) is 12.1 Å². The summed E-state index contributed by atoms with van der Waals surface area (Å²) in [6, 6.07) is 68.2. The first kappa shape index (κ1) is 30.6. The van der Waals surface area contributed by atoms with Crippen molar-refractivity contribution < 1.29 is 0 Å². The third-order valence-corrected chi connectivity index (χ3v) is 21.2. The second kappa shape index (κ2) is 14.1. The zero-order chi connectivity index (χ0) is 30.2. The van der Waals surface area contributed by atoms with Crippen LogP contribution >= 0.6 is 23.1 Å². The molecule has 0 bridgehead atoms. The summed E-state index contributed by atoms with van der Waals surface area (Å²) in [5, 5.41) is 8.89. The molecule has 0 aliphatic heterocycles. The van der Waals surface area contributed by atoms with E-state index in [2.05, 4.69) is 196 Å². The summed E-state index contributed by atoms with van der Waals surface area (Å²) >= 11 is 0. The van der Waals surface area contributed by atoms with Gasteiger partial charge in [-0.1, -0.05) is 0 Å². The predicted molar refractivity (Wildman–Crippen MR) is 203 cm³/mol. The van der Waals surface area contributed by atoms with Crippen molar-refractivity contribution in [1.82, 2.24) is 0 Å². The summed E-state index contributed by atoms with van der Waals surface area (Å²) in [5.74, 6) is 0. The summed E-state index contributed by atoms with van der Waals surface area (Å²) in [5.41, 5.74) is 0. The molecule has 0 atom stereocenters. The van der Waals surface area contributed by atoms with E-state index in [0.29, 0.717) is 0 Å². The van der Waals surface area contributed by atoms with Gasteiger partial charge in [0.15, 0.2) is 0 Å². The van der Waals surface area contributed by atoms with Crippen LogP contribution in [0.2, 0.25) is 0 Å². The fourth-order valence-corrected chi connectivity index (χ4v) is 18.7. The molecule has 0 N–H and O–H groups in total. The Labute approximate surface area is 267 Å². The average Bonchev–Trinajstić information content (AvgIpc) is 3.11. The Morgan fingerprint density at radius 1 is 0.386 bits per heavy atom. The molecule has 0 radical (unpaired) electrons. The maximum absolute atomic E-state index is 2.66. The van der Waals surface area contributed by atoms with Gasteiger partial charge in [0.1, 0.15) is 0 Å². The van der Waals surface area contributed by atoms with E-state index in [1.54, 1.807) is 0 Å². The Morgan fingerprint density at radius 2 is 0.614 bits per heavy atom. The molecule has 0 saturated heterocycles. The van der Waals surface area contributed by atoms with E-state index in [0.717, 1.165) is 12.3 Å². The third-order valence-electron chi connectivity index (χ3n) is 9.20. The third kappa shape index (κ3) is 6.51. The first-order valence-electron chi connectivity index (χ1n) is 15.4. The molecule has 6 aromatic rings. The van der Waals surface area contributed by atoms with Crippen LogP contribution in [0.1, 0.15) is 6.92 Å². The second-order valence-electron chi connectivity index (χ2n) is 11.9. The Morgan fingerprint density at radius 3 is 0.864 bits per heavy atom. The molecule has 0 aliphatic carbocycles. The average molecular weight is 627 g/mol. The van der Waals surface area contributed by atoms with Gasteiger partial charge in [0.2, 0.25) is 0 Å². The van der Waals surface area contributed by atoms with E-state index < -0.39 is 23.1 Å². The molecule has 44 heavy (non-hydrogen) atoms. The molecule has 3 heteroatoms. The second-order valence-corrected chi connectivity index (χ2v) is 21.0. The van der Waals surface area contributed by atoms with Crippen LogP contribution < -0.4 is 31.8 Å². The number of hydrogen-bond donors (Lipinski definition) is 0. The van der Waals surface area contributed by atoms with E-state index in [1.165, 1.54) is 31.8 Å². The van der Waals surface area contributed by atoms with Gasteiger partial charge >= 0.3 is 268 Å². The van der Waals surface area contributed by atoms with Crippen molar-refractivity contribution >= 4 is 54.9 Å². The van der Waals surface area contributed by atoms with E-state index in [1.807, 2.05) is 0 Å². The Bertz CT molecular complexity index is 1500. The minimum absolute atomic E-state index is 0.0183. The standard InChI is InChI=1S/C41H41P3/c1-41(33-42(35-21-9-3-10-22-35)36-23-11-4-12-24-36,34-43(37-25-13-5-14-26-37)38-27-15-6-16-28-38)44(2,39-29-17-7-18-30-39)40-31-19-8-20-32-40/h3-32,44H,33-34H2,1-2H3. The van der Waals surface area contributed by atoms with Gasteiger partial charge in [-0.15, -0.1) is 0 Å². The Kier molecular flexibility index (Phi) is 9.85. The zero-order valence-electron chi connectivity index (χ0n) is 25.6. The molecule has 0 fully saturated rings. The fourth-order valence-electron chi connectivity index (χ4n) is 6.57. The van der Waals surface area contributed by atoms with Gasteiger partial charge in [0, 0.05) is 0 Å². The SMILES string of the molecule is CC(CP(c1ccccc1)c1ccccc1)(CP(c1ccccc1)c1ccccc1)[PH](C)(c1ccccc1)c1ccccc1. The van der Waals surface area contributed by atoms with Crippen molar-refractivity contribution in [1.29, 1.82) is 0 Å². The molecule has 0 unspecified atom stereocenters. The van der Waals surface area contributed by atoms with E-state index in [-0.39, 0.29) is 5.16 Å². The van der Waals surface area contributed by atoms with Gasteiger partial charge in [0.25, 0.3) is 0 Å². The van der Waals surface area contributed by atoms with Crippen LogP contribution in [0.4, 0.5) is 0 Å². The summed E-state index contributed by atoms with van der Waals surface area (Å²) in [6.07, 6.45) is 2.25. The topological polar surface area (TPSA) is 0 Å². The molecule has 0 nitrogen and oxygen atoms in total. The normalized spacial score (nSPS) is 12.4. The van der Waals surface area contributed by atoms with Crippen molar-refractivity contribution in [3.05, 3.63) is 182 Å². The van der Waals surface area contributed by atoms with Gasteiger partial charge in [-0.2, -0.15) is 0 Å². The quantitative estimate of drug-likeness (QED) is 0.128. The van der Waals surface area contributed by atoms with Gasteiger partial charge in [-0.25, -0.2) is 0 Å². The Balaban J connectivity index is 1.59. The van der Waals surface area contributed by atoms with Crippen LogP contribution in [0.3, 0.4) is 0 Å². The van der Waals surface area contributed by atoms with Crippen LogP contribution in [0.15, 0.2) is 182 Å². The molecule has 6 aromatic carbocycles. The zero-order valence-corrected chi connectivity index (χ0v) is 28.4. The molecule has 0 aliphatic rings. The first-order chi connectivity index (χ1) is 21.6. The van der Waals surface area contributed by atoms with Crippen LogP contribution in [0.5, 0.6) is 0 Å². The summed E-state index contributed by atoms with van der Waals surface area (Å²) < 4.78 is 0. The molecule has 0 spiro atoms. The van der Waals surface area contributed by atoms with Crippen LogP contribution in [0.25, 0.3) is 0 Å². The molecule has 0 saturated carbocycles. The van der Waals surface area contributed by atoms with Crippen molar-refractivity contribution in [2.24, 2.45) is 0 Å². The molecule has 0 aromatic heterocycles. The van der Waals surface area contributed by atoms with Crippen molar-refractivity contribution in [3.63, 3.8) is 0 Å². The molecule has 220 valence electrons. The van der Waals surface area contributed by atoms with Crippen molar-refractivity contribution in [3.8, 4) is 0 Å². The van der Waals surface area contributed by atoms with Crippen molar-refractivity contribution in [2.75, 3.05) is 19.0 Å². The molecular weight excluding hydrogens is 585 g/mol. The van der Waals surface area contributed by atoms with Crippen LogP contribution in [0, 0.1) is 0 Å². The van der Waals surface area contributed by atoms with Crippen LogP contribution in [-0.2, 0) is 0 Å². The first-order valence-corrected chi connectivity index (χ1v) is 21.0. The van der Waals surface area contributed by atoms with E-state index >= 15 is 0 Å². The monoisotopic (exact) mass is 626 g/mol. The summed E-state index contributed by atoms with van der Waals surface area (Å²) in [7, 11) is -3.59. The van der Waals surface area contributed by atoms with E-state index in [9.17, 15) is 0 Å². The van der Waals surface area contributed by atoms with Gasteiger partial charge < -0.3 is 0 Å². The predicted octanol–water partition coefficient (Wildman–Crippen LogP) is 8.04. The number of rotatable bonds is 11. The number of benzene rings is 6. The minimum atomic E-state index is -2.38. The van der Waals surface area contributed by atoms with E-state index in [4.69, 9.17) is 0 Å². The van der Waals surface area contributed by atoms with Gasteiger partial charge in [0.05, 0.1) is 0 Å². The summed E-state index contributed by atoms with van der Waals surface area (Å²) in [4.78, 5) is 0. The molecule has 0 amide bonds. The fraction of sp³-hybridized carbons (Fsp3) is 0.122. The molecular formula is C41H41P3. The Hall–Kier alpha value is -3.39. The molecule has 0 heterocycles. The molecule has 6 rings (SSSR count). The van der Waals surface area contributed by atoms with Crippen LogP contribution in [-0.4, -0.2) is 24.1 Å². The summed E-state index contributed by atoms with van der Waals surface area (Å²) in [6.45, 7) is 5.31. The van der Waals surface area contributed by atoms with Gasteiger partial charge in [-0.3, -0.25) is 0 Å². The number of hydrogen-bond acceptors (Lipinski definition) is 0.